The van der Waals surface area contributed by atoms with Crippen LogP contribution in [0.4, 0.5) is 0 Å². The molecule has 0 unspecified atom stereocenters. The first-order valence-corrected chi connectivity index (χ1v) is 5.22. The third-order valence-corrected chi connectivity index (χ3v) is 2.29. The smallest absolute Gasteiger partial charge is 0.0542 e. The van der Waals surface area contributed by atoms with Crippen LogP contribution >= 0.6 is 23.1 Å². The van der Waals surface area contributed by atoms with Gasteiger partial charge >= 0.3 is 0 Å². The van der Waals surface area contributed by atoms with Crippen molar-refractivity contribution in [1.82, 2.24) is 4.37 Å². The van der Waals surface area contributed by atoms with Gasteiger partial charge in [-0.3, -0.25) is 0 Å². The zero-order chi connectivity index (χ0) is 8.69. The van der Waals surface area contributed by atoms with Gasteiger partial charge in [-0.2, -0.15) is 4.37 Å². The highest BCUT2D eigenvalue weighted by Gasteiger charge is 1.95. The molecule has 1 nitrogen and oxygen atoms in total. The Labute approximate surface area is 77.6 Å². The number of hydrogen-bond donors (Lipinski definition) is 0. The standard InChI is InChI=1S/C7H11NS.CH3Cl/c1-3-6-5-7(4-2)9-8-6;1-2/h5H,3-4H2,1-2H3;1H3. The quantitative estimate of drug-likeness (QED) is 0.655. The maximum Gasteiger partial charge on any atom is 0.0542 e. The van der Waals surface area contributed by atoms with Gasteiger partial charge in [0.1, 0.15) is 0 Å². The van der Waals surface area contributed by atoms with Gasteiger partial charge in [-0.1, -0.05) is 13.8 Å². The molecule has 1 rings (SSSR count). The molecule has 0 aliphatic carbocycles. The van der Waals surface area contributed by atoms with E-state index in [9.17, 15) is 0 Å². The van der Waals surface area contributed by atoms with Crippen molar-refractivity contribution in [3.63, 3.8) is 0 Å². The van der Waals surface area contributed by atoms with Gasteiger partial charge in [-0.25, -0.2) is 0 Å². The first-order valence-electron chi connectivity index (χ1n) is 3.69. The fourth-order valence-electron chi connectivity index (χ4n) is 0.689. The van der Waals surface area contributed by atoms with Gasteiger partial charge in [0, 0.05) is 11.3 Å². The minimum absolute atomic E-state index is 1.07. The summed E-state index contributed by atoms with van der Waals surface area (Å²) in [4.78, 5) is 1.40. The van der Waals surface area contributed by atoms with Crippen LogP contribution in [0, 0.1) is 0 Å². The largest absolute Gasteiger partial charge is 0.197 e. The van der Waals surface area contributed by atoms with Crippen LogP contribution in [-0.4, -0.2) is 10.8 Å². The molecule has 64 valence electrons. The van der Waals surface area contributed by atoms with Crippen molar-refractivity contribution in [3.05, 3.63) is 16.6 Å². The van der Waals surface area contributed by atoms with Crippen LogP contribution in [0.2, 0.25) is 0 Å². The average Bonchev–Trinajstić information content (AvgIpc) is 2.55. The van der Waals surface area contributed by atoms with Crippen molar-refractivity contribution >= 4 is 23.1 Å². The fourth-order valence-corrected chi connectivity index (χ4v) is 1.42. The van der Waals surface area contributed by atoms with E-state index in [4.69, 9.17) is 0 Å². The van der Waals surface area contributed by atoms with E-state index in [0.29, 0.717) is 0 Å². The second kappa shape index (κ2) is 6.62. The van der Waals surface area contributed by atoms with E-state index in [-0.39, 0.29) is 0 Å². The Balaban J connectivity index is 0.000000461. The van der Waals surface area contributed by atoms with Crippen LogP contribution in [0.15, 0.2) is 6.07 Å². The van der Waals surface area contributed by atoms with E-state index in [2.05, 4.69) is 35.9 Å². The fraction of sp³-hybridized carbons (Fsp3) is 0.625. The molecule has 0 fully saturated rings. The summed E-state index contributed by atoms with van der Waals surface area (Å²) in [7, 11) is 0. The molecule has 0 saturated carbocycles. The lowest BCUT2D eigenvalue weighted by atomic mass is 10.3. The summed E-state index contributed by atoms with van der Waals surface area (Å²) in [5.41, 5.74) is 1.23. The molecule has 1 aromatic heterocycles. The first-order chi connectivity index (χ1) is 5.36. The van der Waals surface area contributed by atoms with E-state index < -0.39 is 0 Å². The molecule has 1 heterocycles. The van der Waals surface area contributed by atoms with Gasteiger partial charge in [-0.15, -0.1) is 11.6 Å². The predicted octanol–water partition coefficient (Wildman–Crippen LogP) is 3.12. The molecule has 0 aliphatic heterocycles. The first kappa shape index (κ1) is 10.9. The number of aromatic nitrogens is 1. The molecule has 0 amide bonds. The Kier molecular flexibility index (Phi) is 6.57. The van der Waals surface area contributed by atoms with Crippen LogP contribution in [0.1, 0.15) is 24.4 Å². The van der Waals surface area contributed by atoms with Crippen LogP contribution in [0.5, 0.6) is 0 Å². The van der Waals surface area contributed by atoms with Gasteiger partial charge in [0.15, 0.2) is 0 Å². The van der Waals surface area contributed by atoms with Gasteiger partial charge in [0.05, 0.1) is 5.69 Å². The molecule has 0 saturated heterocycles. The lowest BCUT2D eigenvalue weighted by Gasteiger charge is -1.80. The molecular formula is C8H14ClNS. The number of rotatable bonds is 2. The maximum absolute atomic E-state index is 4.64. The zero-order valence-electron chi connectivity index (χ0n) is 7.22. The lowest BCUT2D eigenvalue weighted by Crippen LogP contribution is -1.74. The Morgan fingerprint density at radius 2 is 2.00 bits per heavy atom. The van der Waals surface area contributed by atoms with E-state index in [1.54, 1.807) is 11.5 Å². The Bertz CT molecular complexity index is 167. The Morgan fingerprint density at radius 3 is 2.27 bits per heavy atom. The summed E-state index contributed by atoms with van der Waals surface area (Å²) in [6.45, 7) is 4.29. The number of halogens is 1. The van der Waals surface area contributed by atoms with Gasteiger partial charge in [0.2, 0.25) is 0 Å². The average molecular weight is 192 g/mol. The topological polar surface area (TPSA) is 12.9 Å². The Morgan fingerprint density at radius 1 is 1.36 bits per heavy atom. The SMILES string of the molecule is CCc1cc(CC)sn1.CCl. The van der Waals surface area contributed by atoms with E-state index >= 15 is 0 Å². The molecule has 0 N–H and O–H groups in total. The number of hydrogen-bond acceptors (Lipinski definition) is 2. The van der Waals surface area contributed by atoms with Crippen molar-refractivity contribution in [1.29, 1.82) is 0 Å². The summed E-state index contributed by atoms with van der Waals surface area (Å²) in [6, 6.07) is 2.19. The van der Waals surface area contributed by atoms with E-state index in [1.807, 2.05) is 0 Å². The molecule has 1 aromatic rings. The monoisotopic (exact) mass is 191 g/mol. The summed E-state index contributed by atoms with van der Waals surface area (Å²) < 4.78 is 4.25. The molecule has 0 spiro atoms. The third kappa shape index (κ3) is 3.73. The van der Waals surface area contributed by atoms with Crippen molar-refractivity contribution in [3.8, 4) is 0 Å². The highest BCUT2D eigenvalue weighted by atomic mass is 35.5. The highest BCUT2D eigenvalue weighted by Crippen LogP contribution is 2.10. The highest BCUT2D eigenvalue weighted by molar-refractivity contribution is 7.05. The zero-order valence-corrected chi connectivity index (χ0v) is 8.80. The third-order valence-electron chi connectivity index (χ3n) is 1.32. The molecule has 0 aliphatic rings. The molecule has 0 bridgehead atoms. The second-order valence-electron chi connectivity index (χ2n) is 1.99. The van der Waals surface area contributed by atoms with Crippen LogP contribution < -0.4 is 0 Å². The summed E-state index contributed by atoms with van der Waals surface area (Å²) in [5.74, 6) is 0. The molecular weight excluding hydrogens is 178 g/mol. The predicted molar refractivity (Wildman–Crippen MR) is 52.6 cm³/mol. The summed E-state index contributed by atoms with van der Waals surface area (Å²) >= 11 is 6.26. The normalized spacial score (nSPS) is 8.73. The number of nitrogens with zero attached hydrogens (tertiary/aromatic N) is 1. The summed E-state index contributed by atoms with van der Waals surface area (Å²) in [6.07, 6.45) is 3.66. The van der Waals surface area contributed by atoms with Crippen LogP contribution in [0.3, 0.4) is 0 Å². The number of aryl methyl sites for hydroxylation is 2. The van der Waals surface area contributed by atoms with Crippen molar-refractivity contribution < 1.29 is 0 Å². The number of alkyl halides is 1. The lowest BCUT2D eigenvalue weighted by molar-refractivity contribution is 1.08. The van der Waals surface area contributed by atoms with Crippen LogP contribution in [-0.2, 0) is 12.8 Å². The molecule has 3 heteroatoms. The molecule has 11 heavy (non-hydrogen) atoms. The second-order valence-corrected chi connectivity index (χ2v) is 2.88. The van der Waals surface area contributed by atoms with Gasteiger partial charge in [0.25, 0.3) is 0 Å². The van der Waals surface area contributed by atoms with Gasteiger partial charge < -0.3 is 0 Å². The molecule has 0 atom stereocenters. The van der Waals surface area contributed by atoms with E-state index in [0.717, 1.165) is 12.8 Å². The summed E-state index contributed by atoms with van der Waals surface area (Å²) in [5, 5.41) is 0. The minimum Gasteiger partial charge on any atom is -0.197 e. The van der Waals surface area contributed by atoms with Gasteiger partial charge in [-0.05, 0) is 30.4 Å². The minimum atomic E-state index is 1.07. The van der Waals surface area contributed by atoms with Crippen molar-refractivity contribution in [2.45, 2.75) is 26.7 Å². The Hall–Kier alpha value is -0.0800. The maximum atomic E-state index is 4.64. The molecule has 0 radical (unpaired) electrons. The van der Waals surface area contributed by atoms with E-state index in [1.165, 1.54) is 17.0 Å². The molecule has 0 aromatic carbocycles. The van der Waals surface area contributed by atoms with Crippen molar-refractivity contribution in [2.24, 2.45) is 0 Å². The van der Waals surface area contributed by atoms with Crippen molar-refractivity contribution in [2.75, 3.05) is 6.38 Å². The van der Waals surface area contributed by atoms with Crippen LogP contribution in [0.25, 0.3) is 0 Å².